The summed E-state index contributed by atoms with van der Waals surface area (Å²) in [5, 5.41) is 0.0348. The summed E-state index contributed by atoms with van der Waals surface area (Å²) in [5.74, 6) is -0.208. The van der Waals surface area contributed by atoms with E-state index in [0.29, 0.717) is 0 Å². The first-order valence-electron chi connectivity index (χ1n) is 5.12. The van der Waals surface area contributed by atoms with Crippen LogP contribution in [-0.4, -0.2) is 24.2 Å². The van der Waals surface area contributed by atoms with Crippen LogP contribution in [0.1, 0.15) is 5.69 Å². The minimum atomic E-state index is -4.01. The van der Waals surface area contributed by atoms with Crippen molar-refractivity contribution in [1.82, 2.24) is 9.97 Å². The summed E-state index contributed by atoms with van der Waals surface area (Å²) in [6.07, 6.45) is 3.99. The van der Waals surface area contributed by atoms with Gasteiger partial charge in [0, 0.05) is 18.6 Å². The number of nitrogens with zero attached hydrogens (tertiary/aromatic N) is 3. The fourth-order valence-electron chi connectivity index (χ4n) is 1.29. The second-order valence-corrected chi connectivity index (χ2v) is 5.45. The quantitative estimate of drug-likeness (QED) is 0.678. The lowest BCUT2D eigenvalue weighted by molar-refractivity contribution is 0.597. The Morgan fingerprint density at radius 2 is 2.05 bits per heavy atom. The molecule has 2 N–H and O–H groups in total. The average Bonchev–Trinajstić information content (AvgIpc) is 2.39. The molecule has 0 aliphatic rings. The first kappa shape index (κ1) is 13.4. The number of pyridine rings is 2. The molecule has 0 aromatic carbocycles. The normalized spacial score (nSPS) is 12.4. The van der Waals surface area contributed by atoms with E-state index < -0.39 is 10.0 Å². The molecule has 98 valence electrons. The summed E-state index contributed by atoms with van der Waals surface area (Å²) in [6, 6.07) is 6.28. The summed E-state index contributed by atoms with van der Waals surface area (Å²) >= 11 is 5.79. The predicted octanol–water partition coefficient (Wildman–Crippen LogP) is 1.22. The van der Waals surface area contributed by atoms with Crippen molar-refractivity contribution in [2.75, 3.05) is 0 Å². The van der Waals surface area contributed by atoms with Gasteiger partial charge in [0.05, 0.1) is 5.02 Å². The van der Waals surface area contributed by atoms with Crippen molar-refractivity contribution in [1.29, 1.82) is 0 Å². The van der Waals surface area contributed by atoms with Crippen molar-refractivity contribution in [2.45, 2.75) is 4.90 Å². The van der Waals surface area contributed by atoms with Crippen LogP contribution in [0, 0.1) is 0 Å². The first-order chi connectivity index (χ1) is 9.00. The third-order valence-corrected chi connectivity index (χ3v) is 3.92. The molecule has 2 heterocycles. The average molecular weight is 297 g/mol. The maximum Gasteiger partial charge on any atom is 0.287 e. The molecular formula is C11H9ClN4O2S. The Morgan fingerprint density at radius 1 is 1.26 bits per heavy atom. The van der Waals surface area contributed by atoms with E-state index in [4.69, 9.17) is 17.3 Å². The number of hydrogen-bond donors (Lipinski definition) is 1. The number of nitrogens with two attached hydrogens (primary N) is 1. The van der Waals surface area contributed by atoms with E-state index >= 15 is 0 Å². The van der Waals surface area contributed by atoms with Crippen LogP contribution in [0.25, 0.3) is 0 Å². The maximum atomic E-state index is 12.0. The highest BCUT2D eigenvalue weighted by Crippen LogP contribution is 2.21. The van der Waals surface area contributed by atoms with Gasteiger partial charge in [-0.15, -0.1) is 4.40 Å². The van der Waals surface area contributed by atoms with Crippen LogP contribution >= 0.6 is 11.6 Å². The smallest absolute Gasteiger partial charge is 0.287 e. The Bertz CT molecular complexity index is 716. The van der Waals surface area contributed by atoms with E-state index in [1.165, 1.54) is 18.5 Å². The molecule has 19 heavy (non-hydrogen) atoms. The zero-order valence-corrected chi connectivity index (χ0v) is 11.1. The van der Waals surface area contributed by atoms with Crippen molar-refractivity contribution in [2.24, 2.45) is 10.1 Å². The SMILES string of the molecule is NC(=NS(=O)(=O)c1cnccc1Cl)c1ccccn1. The fourth-order valence-corrected chi connectivity index (χ4v) is 2.65. The van der Waals surface area contributed by atoms with E-state index in [9.17, 15) is 8.42 Å². The molecule has 0 fully saturated rings. The van der Waals surface area contributed by atoms with E-state index in [2.05, 4.69) is 14.4 Å². The standard InChI is InChI=1S/C11H9ClN4O2S/c12-8-4-6-14-7-10(8)19(17,18)16-11(13)9-3-1-2-5-15-9/h1-7H,(H2,13,16). The van der Waals surface area contributed by atoms with Crippen molar-refractivity contribution < 1.29 is 8.42 Å². The molecule has 0 saturated heterocycles. The molecule has 0 aliphatic heterocycles. The number of rotatable bonds is 3. The number of amidine groups is 1. The molecule has 2 aromatic heterocycles. The molecule has 0 unspecified atom stereocenters. The Labute approximate surface area is 115 Å². The van der Waals surface area contributed by atoms with E-state index in [-0.39, 0.29) is 21.4 Å². The van der Waals surface area contributed by atoms with Crippen molar-refractivity contribution >= 4 is 27.5 Å². The van der Waals surface area contributed by atoms with Crippen molar-refractivity contribution in [3.63, 3.8) is 0 Å². The summed E-state index contributed by atoms with van der Waals surface area (Å²) in [7, 11) is -4.01. The monoisotopic (exact) mass is 296 g/mol. The molecule has 0 atom stereocenters. The van der Waals surface area contributed by atoms with Gasteiger partial charge in [0.15, 0.2) is 5.84 Å². The first-order valence-corrected chi connectivity index (χ1v) is 6.94. The van der Waals surface area contributed by atoms with E-state index in [0.717, 1.165) is 6.20 Å². The predicted molar refractivity (Wildman–Crippen MR) is 71.4 cm³/mol. The van der Waals surface area contributed by atoms with Gasteiger partial charge < -0.3 is 5.73 Å². The van der Waals surface area contributed by atoms with E-state index in [1.807, 2.05) is 0 Å². The van der Waals surface area contributed by atoms with Crippen LogP contribution in [0.2, 0.25) is 5.02 Å². The topological polar surface area (TPSA) is 98.3 Å². The van der Waals surface area contributed by atoms with Crippen molar-refractivity contribution in [3.05, 3.63) is 53.6 Å². The number of sulfonamides is 1. The highest BCUT2D eigenvalue weighted by Gasteiger charge is 2.18. The van der Waals surface area contributed by atoms with Crippen LogP contribution in [0.5, 0.6) is 0 Å². The number of halogens is 1. The zero-order chi connectivity index (χ0) is 13.9. The second-order valence-electron chi connectivity index (χ2n) is 3.47. The van der Waals surface area contributed by atoms with Crippen molar-refractivity contribution in [3.8, 4) is 0 Å². The van der Waals surface area contributed by atoms with Gasteiger partial charge >= 0.3 is 0 Å². The van der Waals surface area contributed by atoms with Gasteiger partial charge in [-0.1, -0.05) is 17.7 Å². The van der Waals surface area contributed by atoms with Gasteiger partial charge in [0.2, 0.25) is 0 Å². The lowest BCUT2D eigenvalue weighted by Gasteiger charge is -2.02. The molecule has 0 spiro atoms. The van der Waals surface area contributed by atoms with Gasteiger partial charge in [0.25, 0.3) is 10.0 Å². The van der Waals surface area contributed by atoms with Gasteiger partial charge in [-0.2, -0.15) is 8.42 Å². The highest BCUT2D eigenvalue weighted by molar-refractivity contribution is 7.90. The molecule has 8 heteroatoms. The maximum absolute atomic E-state index is 12.0. The zero-order valence-electron chi connectivity index (χ0n) is 9.56. The largest absolute Gasteiger partial charge is 0.381 e. The fraction of sp³-hybridized carbons (Fsp3) is 0. The van der Waals surface area contributed by atoms with Crippen LogP contribution < -0.4 is 5.73 Å². The van der Waals surface area contributed by atoms with Crippen LogP contribution in [0.4, 0.5) is 0 Å². The highest BCUT2D eigenvalue weighted by atomic mass is 35.5. The Hall–Kier alpha value is -1.99. The molecule has 2 rings (SSSR count). The molecule has 2 aromatic rings. The lowest BCUT2D eigenvalue weighted by Crippen LogP contribution is -2.17. The molecule has 6 nitrogen and oxygen atoms in total. The third kappa shape index (κ3) is 3.07. The van der Waals surface area contributed by atoms with Crippen LogP contribution in [-0.2, 0) is 10.0 Å². The molecule has 0 saturated carbocycles. The molecule has 0 aliphatic carbocycles. The second kappa shape index (κ2) is 5.33. The van der Waals surface area contributed by atoms with Gasteiger partial charge in [-0.25, -0.2) is 0 Å². The Morgan fingerprint density at radius 3 is 2.68 bits per heavy atom. The summed E-state index contributed by atoms with van der Waals surface area (Å²) in [4.78, 5) is 7.41. The summed E-state index contributed by atoms with van der Waals surface area (Å²) in [6.45, 7) is 0. The third-order valence-electron chi connectivity index (χ3n) is 2.16. The number of hydrogen-bond acceptors (Lipinski definition) is 4. The van der Waals surface area contributed by atoms with Crippen LogP contribution in [0.15, 0.2) is 52.1 Å². The summed E-state index contributed by atoms with van der Waals surface area (Å²) in [5.41, 5.74) is 5.88. The minimum absolute atomic E-state index is 0.0348. The van der Waals surface area contributed by atoms with Crippen LogP contribution in [0.3, 0.4) is 0 Å². The number of aromatic nitrogens is 2. The summed E-state index contributed by atoms with van der Waals surface area (Å²) < 4.78 is 27.5. The van der Waals surface area contributed by atoms with Gasteiger partial charge in [-0.05, 0) is 18.2 Å². The molecule has 0 amide bonds. The lowest BCUT2D eigenvalue weighted by atomic mass is 10.3. The molecule has 0 bridgehead atoms. The van der Waals surface area contributed by atoms with E-state index in [1.54, 1.807) is 18.2 Å². The van der Waals surface area contributed by atoms with Gasteiger partial charge in [-0.3, -0.25) is 9.97 Å². The Kier molecular flexibility index (Phi) is 3.77. The van der Waals surface area contributed by atoms with Gasteiger partial charge in [0.1, 0.15) is 10.6 Å². The Balaban J connectivity index is 2.45. The molecule has 0 radical (unpaired) electrons. The molecular weight excluding hydrogens is 288 g/mol. The minimum Gasteiger partial charge on any atom is -0.381 e.